The van der Waals surface area contributed by atoms with E-state index in [1.165, 1.54) is 11.8 Å². The molecule has 1 N–H and O–H groups in total. The van der Waals surface area contributed by atoms with Gasteiger partial charge in [-0.25, -0.2) is 4.79 Å². The Hall–Kier alpha value is -1.39. The van der Waals surface area contributed by atoms with Crippen LogP contribution < -0.4 is 5.32 Å². The molecule has 3 amide bonds. The zero-order valence-electron chi connectivity index (χ0n) is 11.0. The third-order valence-corrected chi connectivity index (χ3v) is 4.06. The highest BCUT2D eigenvalue weighted by atomic mass is 16.2. The van der Waals surface area contributed by atoms with Crippen molar-refractivity contribution in [3.8, 4) is 0 Å². The molecule has 5 heteroatoms. The summed E-state index contributed by atoms with van der Waals surface area (Å²) in [5, 5.41) is 2.84. The Morgan fingerprint density at radius 2 is 2.00 bits per heavy atom. The molecule has 0 unspecified atom stereocenters. The van der Waals surface area contributed by atoms with Gasteiger partial charge in [-0.1, -0.05) is 6.92 Å². The summed E-state index contributed by atoms with van der Waals surface area (Å²) in [4.78, 5) is 36.3. The zero-order chi connectivity index (χ0) is 13.3. The smallest absolute Gasteiger partial charge is 0.323 e. The number of amides is 3. The van der Waals surface area contributed by atoms with E-state index in [4.69, 9.17) is 0 Å². The molecule has 0 atom stereocenters. The van der Waals surface area contributed by atoms with Gasteiger partial charge < -0.3 is 5.32 Å². The summed E-state index contributed by atoms with van der Waals surface area (Å²) in [5.41, 5.74) is -0.680. The van der Waals surface area contributed by atoms with Gasteiger partial charge in [-0.3, -0.25) is 14.5 Å². The highest BCUT2D eigenvalue weighted by molar-refractivity contribution is 6.07. The molecule has 2 fully saturated rings. The molecule has 0 aromatic rings. The fourth-order valence-electron chi connectivity index (χ4n) is 2.74. The van der Waals surface area contributed by atoms with E-state index in [1.54, 1.807) is 0 Å². The Morgan fingerprint density at radius 1 is 1.39 bits per heavy atom. The van der Waals surface area contributed by atoms with Crippen LogP contribution in [0.4, 0.5) is 4.79 Å². The second kappa shape index (κ2) is 4.71. The number of nitrogens with one attached hydrogen (secondary N) is 1. The molecule has 0 radical (unpaired) electrons. The zero-order valence-corrected chi connectivity index (χ0v) is 11.0. The molecule has 18 heavy (non-hydrogen) atoms. The minimum Gasteiger partial charge on any atom is -0.323 e. The minimum absolute atomic E-state index is 0.00573. The van der Waals surface area contributed by atoms with Crippen LogP contribution in [0.3, 0.4) is 0 Å². The predicted octanol–water partition coefficient (Wildman–Crippen LogP) is 1.47. The highest BCUT2D eigenvalue weighted by Gasteiger charge is 2.51. The third-order valence-electron chi connectivity index (χ3n) is 4.06. The van der Waals surface area contributed by atoms with Crippen LogP contribution in [-0.2, 0) is 9.59 Å². The van der Waals surface area contributed by atoms with E-state index in [0.29, 0.717) is 5.92 Å². The first-order valence-corrected chi connectivity index (χ1v) is 6.58. The highest BCUT2D eigenvalue weighted by Crippen LogP contribution is 2.36. The summed E-state index contributed by atoms with van der Waals surface area (Å²) >= 11 is 0. The van der Waals surface area contributed by atoms with E-state index in [1.807, 2.05) is 0 Å². The molecule has 1 heterocycles. The fourth-order valence-corrected chi connectivity index (χ4v) is 2.74. The number of hydrogen-bond acceptors (Lipinski definition) is 3. The van der Waals surface area contributed by atoms with E-state index in [2.05, 4.69) is 12.2 Å². The maximum absolute atomic E-state index is 12.3. The SMILES string of the molecule is CC(=O)CCN1C(=O)NC2(CCC(C)CC2)C1=O. The molecule has 0 bridgehead atoms. The Morgan fingerprint density at radius 3 is 2.56 bits per heavy atom. The summed E-state index contributed by atoms with van der Waals surface area (Å²) in [6.07, 6.45) is 3.61. The van der Waals surface area contributed by atoms with E-state index in [0.717, 1.165) is 25.7 Å². The largest absolute Gasteiger partial charge is 0.325 e. The molecule has 1 saturated heterocycles. The fraction of sp³-hybridized carbons (Fsp3) is 0.769. The number of urea groups is 1. The van der Waals surface area contributed by atoms with Crippen LogP contribution in [0, 0.1) is 5.92 Å². The van der Waals surface area contributed by atoms with E-state index >= 15 is 0 Å². The monoisotopic (exact) mass is 252 g/mol. The normalized spacial score (nSPS) is 31.9. The summed E-state index contributed by atoms with van der Waals surface area (Å²) in [7, 11) is 0. The van der Waals surface area contributed by atoms with Gasteiger partial charge in [-0.05, 0) is 38.5 Å². The standard InChI is InChI=1S/C13H20N2O3/c1-9-3-6-13(7-4-9)11(17)15(12(18)14-13)8-5-10(2)16/h9H,3-8H2,1-2H3,(H,14,18). The van der Waals surface area contributed by atoms with Crippen molar-refractivity contribution < 1.29 is 14.4 Å². The van der Waals surface area contributed by atoms with Crippen molar-refractivity contribution in [1.29, 1.82) is 0 Å². The van der Waals surface area contributed by atoms with Crippen LogP contribution in [0.5, 0.6) is 0 Å². The lowest BCUT2D eigenvalue weighted by Crippen LogP contribution is -2.49. The summed E-state index contributed by atoms with van der Waals surface area (Å²) in [5.74, 6) is 0.473. The number of imide groups is 1. The maximum atomic E-state index is 12.3. The molecule has 0 aromatic heterocycles. The van der Waals surface area contributed by atoms with Crippen molar-refractivity contribution in [1.82, 2.24) is 10.2 Å². The average Bonchev–Trinajstić information content (AvgIpc) is 2.53. The molecular formula is C13H20N2O3. The first kappa shape index (κ1) is 13.1. The number of rotatable bonds is 3. The molecular weight excluding hydrogens is 232 g/mol. The van der Waals surface area contributed by atoms with Crippen molar-refractivity contribution in [2.75, 3.05) is 6.54 Å². The van der Waals surface area contributed by atoms with Gasteiger partial charge in [0, 0.05) is 13.0 Å². The molecule has 1 spiro atoms. The summed E-state index contributed by atoms with van der Waals surface area (Å²) < 4.78 is 0. The van der Waals surface area contributed by atoms with Crippen LogP contribution in [0.1, 0.15) is 46.0 Å². The number of carbonyl (C=O) groups is 3. The van der Waals surface area contributed by atoms with Crippen LogP contribution in [0.15, 0.2) is 0 Å². The quantitative estimate of drug-likeness (QED) is 0.773. The van der Waals surface area contributed by atoms with Crippen molar-refractivity contribution in [2.24, 2.45) is 5.92 Å². The number of Topliss-reactive ketones (excluding diaryl/α,β-unsaturated/α-hetero) is 1. The van der Waals surface area contributed by atoms with Gasteiger partial charge in [0.15, 0.2) is 0 Å². The van der Waals surface area contributed by atoms with Gasteiger partial charge in [0.05, 0.1) is 0 Å². The topological polar surface area (TPSA) is 66.5 Å². The molecule has 100 valence electrons. The molecule has 1 saturated carbocycles. The Kier molecular flexibility index (Phi) is 3.41. The van der Waals surface area contributed by atoms with Crippen molar-refractivity contribution in [3.05, 3.63) is 0 Å². The lowest BCUT2D eigenvalue weighted by Gasteiger charge is -2.33. The lowest BCUT2D eigenvalue weighted by atomic mass is 9.77. The van der Waals surface area contributed by atoms with Gasteiger partial charge in [0.2, 0.25) is 0 Å². The number of hydrogen-bond donors (Lipinski definition) is 1. The maximum Gasteiger partial charge on any atom is 0.325 e. The summed E-state index contributed by atoms with van der Waals surface area (Å²) in [6.45, 7) is 3.84. The van der Waals surface area contributed by atoms with Crippen molar-refractivity contribution in [2.45, 2.75) is 51.5 Å². The van der Waals surface area contributed by atoms with E-state index in [9.17, 15) is 14.4 Å². The molecule has 1 aliphatic heterocycles. The average molecular weight is 252 g/mol. The molecule has 2 aliphatic rings. The third kappa shape index (κ3) is 2.26. The van der Waals surface area contributed by atoms with Crippen molar-refractivity contribution in [3.63, 3.8) is 0 Å². The van der Waals surface area contributed by atoms with Gasteiger partial charge in [-0.2, -0.15) is 0 Å². The van der Waals surface area contributed by atoms with Crippen LogP contribution >= 0.6 is 0 Å². The Labute approximate surface area is 107 Å². The van der Waals surface area contributed by atoms with Crippen LogP contribution in [0.25, 0.3) is 0 Å². The lowest BCUT2D eigenvalue weighted by molar-refractivity contribution is -0.132. The van der Waals surface area contributed by atoms with Gasteiger partial charge in [-0.15, -0.1) is 0 Å². The van der Waals surface area contributed by atoms with Gasteiger partial charge >= 0.3 is 6.03 Å². The Bertz CT molecular complexity index is 384. The molecule has 5 nitrogen and oxygen atoms in total. The second-order valence-electron chi connectivity index (χ2n) is 5.60. The van der Waals surface area contributed by atoms with Gasteiger partial charge in [0.1, 0.15) is 11.3 Å². The first-order chi connectivity index (χ1) is 8.44. The van der Waals surface area contributed by atoms with Crippen LogP contribution in [0.2, 0.25) is 0 Å². The molecule has 2 rings (SSSR count). The predicted molar refractivity (Wildman–Crippen MR) is 65.9 cm³/mol. The van der Waals surface area contributed by atoms with Crippen LogP contribution in [-0.4, -0.2) is 34.7 Å². The van der Waals surface area contributed by atoms with E-state index < -0.39 is 5.54 Å². The Balaban J connectivity index is 2.06. The minimum atomic E-state index is -0.680. The molecule has 1 aliphatic carbocycles. The second-order valence-corrected chi connectivity index (χ2v) is 5.60. The number of carbonyl (C=O) groups excluding carboxylic acids is 3. The summed E-state index contributed by atoms with van der Waals surface area (Å²) in [6, 6.07) is -0.337. The first-order valence-electron chi connectivity index (χ1n) is 6.58. The number of ketones is 1. The van der Waals surface area contributed by atoms with Gasteiger partial charge in [0.25, 0.3) is 5.91 Å². The van der Waals surface area contributed by atoms with E-state index in [-0.39, 0.29) is 30.7 Å². The van der Waals surface area contributed by atoms with Crippen molar-refractivity contribution >= 4 is 17.7 Å². The molecule has 0 aromatic carbocycles. The number of nitrogens with zero attached hydrogens (tertiary/aromatic N) is 1.